The zero-order chi connectivity index (χ0) is 21.2. The number of carbonyl (C=O) groups is 1. The van der Waals surface area contributed by atoms with Crippen LogP contribution in [0.3, 0.4) is 0 Å². The standard InChI is InChI=1S/C26H22N2O3/c29-25(27-21-11-13-22(14-12-21)28-15-3-4-16-28)19-9-7-18(8-10-19)23-17-20-5-1-2-6-24(20)31-26(23)30/h1-2,5-14,17H,3-4,15-16H2,(H,27,29). The smallest absolute Gasteiger partial charge is 0.344 e. The minimum Gasteiger partial charge on any atom is -0.422 e. The largest absolute Gasteiger partial charge is 0.422 e. The first kappa shape index (κ1) is 19.1. The molecule has 3 aromatic carbocycles. The van der Waals surface area contributed by atoms with Gasteiger partial charge in [-0.2, -0.15) is 0 Å². The Balaban J connectivity index is 1.32. The fourth-order valence-corrected chi connectivity index (χ4v) is 4.00. The third-order valence-corrected chi connectivity index (χ3v) is 5.70. The third-order valence-electron chi connectivity index (χ3n) is 5.70. The highest BCUT2D eigenvalue weighted by atomic mass is 16.4. The van der Waals surface area contributed by atoms with Crippen LogP contribution in [0, 0.1) is 0 Å². The van der Waals surface area contributed by atoms with Gasteiger partial charge in [-0.1, -0.05) is 30.3 Å². The summed E-state index contributed by atoms with van der Waals surface area (Å²) in [6.45, 7) is 2.18. The molecule has 5 rings (SSSR count). The number of anilines is 2. The van der Waals surface area contributed by atoms with Gasteiger partial charge in [0.15, 0.2) is 0 Å². The molecule has 0 saturated carbocycles. The molecule has 1 N–H and O–H groups in total. The summed E-state index contributed by atoms with van der Waals surface area (Å²) in [6, 6.07) is 24.2. The summed E-state index contributed by atoms with van der Waals surface area (Å²) >= 11 is 0. The van der Waals surface area contributed by atoms with Gasteiger partial charge in [-0.05, 0) is 66.9 Å². The molecule has 0 bridgehead atoms. The van der Waals surface area contributed by atoms with E-state index in [1.54, 1.807) is 30.3 Å². The molecule has 154 valence electrons. The van der Waals surface area contributed by atoms with Crippen molar-refractivity contribution in [2.45, 2.75) is 12.8 Å². The summed E-state index contributed by atoms with van der Waals surface area (Å²) in [5.74, 6) is -0.189. The Labute approximate surface area is 179 Å². The molecule has 1 saturated heterocycles. The second kappa shape index (κ2) is 8.11. The minimum atomic E-state index is -0.394. The Morgan fingerprint density at radius 3 is 2.32 bits per heavy atom. The van der Waals surface area contributed by atoms with E-state index in [0.29, 0.717) is 22.3 Å². The zero-order valence-corrected chi connectivity index (χ0v) is 17.0. The van der Waals surface area contributed by atoms with E-state index >= 15 is 0 Å². The third kappa shape index (κ3) is 3.94. The monoisotopic (exact) mass is 410 g/mol. The fourth-order valence-electron chi connectivity index (χ4n) is 4.00. The van der Waals surface area contributed by atoms with Gasteiger partial charge in [-0.15, -0.1) is 0 Å². The molecule has 5 heteroatoms. The van der Waals surface area contributed by atoms with Crippen molar-refractivity contribution in [1.82, 2.24) is 0 Å². The Morgan fingerprint density at radius 2 is 1.58 bits per heavy atom. The molecule has 1 fully saturated rings. The summed E-state index contributed by atoms with van der Waals surface area (Å²) < 4.78 is 5.41. The van der Waals surface area contributed by atoms with Gasteiger partial charge in [0.05, 0.1) is 5.56 Å². The van der Waals surface area contributed by atoms with E-state index in [1.807, 2.05) is 48.5 Å². The van der Waals surface area contributed by atoms with E-state index in [4.69, 9.17) is 4.42 Å². The predicted molar refractivity (Wildman–Crippen MR) is 124 cm³/mol. The van der Waals surface area contributed by atoms with Crippen molar-refractivity contribution >= 4 is 28.3 Å². The Hall–Kier alpha value is -3.86. The number of nitrogens with zero attached hydrogens (tertiary/aromatic N) is 1. The second-order valence-electron chi connectivity index (χ2n) is 7.76. The van der Waals surface area contributed by atoms with Crippen molar-refractivity contribution in [2.24, 2.45) is 0 Å². The lowest BCUT2D eigenvalue weighted by Crippen LogP contribution is -2.17. The first-order chi connectivity index (χ1) is 15.2. The van der Waals surface area contributed by atoms with Gasteiger partial charge < -0.3 is 14.6 Å². The molecule has 0 aliphatic carbocycles. The molecule has 0 unspecified atom stereocenters. The van der Waals surface area contributed by atoms with Gasteiger partial charge in [0.25, 0.3) is 5.91 Å². The van der Waals surface area contributed by atoms with E-state index in [2.05, 4.69) is 10.2 Å². The quantitative estimate of drug-likeness (QED) is 0.463. The van der Waals surface area contributed by atoms with Crippen LogP contribution in [0.15, 0.2) is 88.1 Å². The average molecular weight is 410 g/mol. The van der Waals surface area contributed by atoms with Gasteiger partial charge in [-0.25, -0.2) is 4.79 Å². The lowest BCUT2D eigenvalue weighted by Gasteiger charge is -2.17. The molecule has 2 heterocycles. The van der Waals surface area contributed by atoms with Crippen LogP contribution in [-0.2, 0) is 0 Å². The average Bonchev–Trinajstić information content (AvgIpc) is 3.34. The molecule has 31 heavy (non-hydrogen) atoms. The number of fused-ring (bicyclic) bond motifs is 1. The van der Waals surface area contributed by atoms with Crippen molar-refractivity contribution in [3.05, 3.63) is 94.8 Å². The second-order valence-corrected chi connectivity index (χ2v) is 7.76. The summed E-state index contributed by atoms with van der Waals surface area (Å²) in [5, 5.41) is 3.79. The number of carbonyl (C=O) groups excluding carboxylic acids is 1. The number of hydrogen-bond donors (Lipinski definition) is 1. The van der Waals surface area contributed by atoms with Crippen LogP contribution < -0.4 is 15.8 Å². The van der Waals surface area contributed by atoms with Gasteiger partial charge >= 0.3 is 5.63 Å². The van der Waals surface area contributed by atoms with Gasteiger partial charge in [0, 0.05) is 35.4 Å². The Kier molecular flexibility index (Phi) is 5.00. The van der Waals surface area contributed by atoms with Crippen molar-refractivity contribution in [3.8, 4) is 11.1 Å². The molecule has 1 aliphatic rings. The number of nitrogens with one attached hydrogen (secondary N) is 1. The minimum absolute atomic E-state index is 0.189. The number of rotatable bonds is 4. The zero-order valence-electron chi connectivity index (χ0n) is 17.0. The van der Waals surface area contributed by atoms with Gasteiger partial charge in [0.2, 0.25) is 0 Å². The molecule has 1 amide bonds. The van der Waals surface area contributed by atoms with Gasteiger partial charge in [-0.3, -0.25) is 4.79 Å². The van der Waals surface area contributed by atoms with Crippen LogP contribution in [-0.4, -0.2) is 19.0 Å². The van der Waals surface area contributed by atoms with Crippen LogP contribution in [0.4, 0.5) is 11.4 Å². The highest BCUT2D eigenvalue weighted by Gasteiger charge is 2.13. The maximum Gasteiger partial charge on any atom is 0.344 e. The fraction of sp³-hybridized carbons (Fsp3) is 0.154. The number of hydrogen-bond acceptors (Lipinski definition) is 4. The van der Waals surface area contributed by atoms with Crippen LogP contribution in [0.5, 0.6) is 0 Å². The SMILES string of the molecule is O=C(Nc1ccc(N2CCCC2)cc1)c1ccc(-c2cc3ccccc3oc2=O)cc1. The summed E-state index contributed by atoms with van der Waals surface area (Å²) in [5.41, 5.74) is 3.82. The van der Waals surface area contributed by atoms with E-state index in [-0.39, 0.29) is 5.91 Å². The van der Waals surface area contributed by atoms with E-state index < -0.39 is 5.63 Å². The highest BCUT2D eigenvalue weighted by Crippen LogP contribution is 2.24. The lowest BCUT2D eigenvalue weighted by atomic mass is 10.0. The molecule has 0 radical (unpaired) electrons. The van der Waals surface area contributed by atoms with Crippen molar-refractivity contribution in [1.29, 1.82) is 0 Å². The first-order valence-corrected chi connectivity index (χ1v) is 10.5. The molecule has 1 aliphatic heterocycles. The summed E-state index contributed by atoms with van der Waals surface area (Å²) in [7, 11) is 0. The van der Waals surface area contributed by atoms with Crippen LogP contribution in [0.25, 0.3) is 22.1 Å². The number of amides is 1. The van der Waals surface area contributed by atoms with E-state index in [9.17, 15) is 9.59 Å². The Morgan fingerprint density at radius 1 is 0.871 bits per heavy atom. The Bertz CT molecular complexity index is 1290. The molecule has 4 aromatic rings. The molecule has 1 aromatic heterocycles. The van der Waals surface area contributed by atoms with Crippen LogP contribution in [0.1, 0.15) is 23.2 Å². The first-order valence-electron chi connectivity index (χ1n) is 10.5. The molecule has 0 atom stereocenters. The molecular formula is C26H22N2O3. The topological polar surface area (TPSA) is 62.6 Å². The normalized spacial score (nSPS) is 13.5. The highest BCUT2D eigenvalue weighted by molar-refractivity contribution is 6.04. The lowest BCUT2D eigenvalue weighted by molar-refractivity contribution is 0.102. The predicted octanol–water partition coefficient (Wildman–Crippen LogP) is 5.31. The van der Waals surface area contributed by atoms with Crippen molar-refractivity contribution in [2.75, 3.05) is 23.3 Å². The van der Waals surface area contributed by atoms with Gasteiger partial charge in [0.1, 0.15) is 5.58 Å². The molecule has 0 spiro atoms. The van der Waals surface area contributed by atoms with Crippen LogP contribution in [0.2, 0.25) is 0 Å². The molecule has 5 nitrogen and oxygen atoms in total. The van der Waals surface area contributed by atoms with Crippen LogP contribution >= 0.6 is 0 Å². The van der Waals surface area contributed by atoms with E-state index in [0.717, 1.165) is 24.2 Å². The maximum absolute atomic E-state index is 12.6. The maximum atomic E-state index is 12.6. The van der Waals surface area contributed by atoms with Crippen molar-refractivity contribution < 1.29 is 9.21 Å². The molecular weight excluding hydrogens is 388 g/mol. The summed E-state index contributed by atoms with van der Waals surface area (Å²) in [6.07, 6.45) is 2.46. The van der Waals surface area contributed by atoms with E-state index in [1.165, 1.54) is 18.5 Å². The number of para-hydroxylation sites is 1. The number of benzene rings is 3. The summed E-state index contributed by atoms with van der Waals surface area (Å²) in [4.78, 5) is 27.4. The van der Waals surface area contributed by atoms with Crippen molar-refractivity contribution in [3.63, 3.8) is 0 Å².